The number of benzene rings is 1. The number of carbonyl (C=O) groups excluding carboxylic acids is 2. The van der Waals surface area contributed by atoms with E-state index in [1.807, 2.05) is 6.92 Å². The van der Waals surface area contributed by atoms with Gasteiger partial charge in [0.25, 0.3) is 0 Å². The van der Waals surface area contributed by atoms with Crippen LogP contribution >= 0.6 is 0 Å². The predicted molar refractivity (Wildman–Crippen MR) is 131 cm³/mol. The molecule has 2 aliphatic carbocycles. The number of anilines is 1. The summed E-state index contributed by atoms with van der Waals surface area (Å²) in [5, 5.41) is 33.8. The number of hydrogen-bond acceptors (Lipinski definition) is 6. The lowest BCUT2D eigenvalue weighted by Gasteiger charge is -2.60. The fraction of sp³-hybridized carbons (Fsp3) is 0.704. The first-order valence-electron chi connectivity index (χ1n) is 13.0. The highest BCUT2D eigenvalue weighted by molar-refractivity contribution is 5.84. The minimum Gasteiger partial charge on any atom is -0.445 e. The second kappa shape index (κ2) is 10.6. The first-order valence-corrected chi connectivity index (χ1v) is 13.0. The predicted octanol–water partition coefficient (Wildman–Crippen LogP) is 3.30. The molecule has 0 spiro atoms. The molecular formula is C27H39FN2O6. The Morgan fingerprint density at radius 3 is 2.67 bits per heavy atom. The SMILES string of the molecule is C[C@]1(CO)[C@@H]2CC[C@@H](O)[C@@H](CC(=O)N3CCC[C@H]3CO)[C@]2(C)CC[C@H]1OC(=O)Nc1cccc(F)c1. The standard InChI is InChI=1S/C27H39FN2O6/c1-26-11-10-23(36-25(35)29-18-6-3-5-17(28)13-18)27(2,16-32)22(26)9-8-21(33)20(26)14-24(34)30-12-4-7-19(30)15-31/h3,5-6,13,19-23,31-33H,4,7-12,14-16H2,1-2H3,(H,29,35)/t19-,20+,21+,22+,23+,26-,27-/m0/s1. The van der Waals surface area contributed by atoms with Crippen molar-refractivity contribution in [2.45, 2.75) is 77.0 Å². The molecule has 8 nitrogen and oxygen atoms in total. The molecule has 36 heavy (non-hydrogen) atoms. The zero-order valence-corrected chi connectivity index (χ0v) is 21.2. The van der Waals surface area contributed by atoms with Crippen LogP contribution in [0.25, 0.3) is 0 Å². The van der Waals surface area contributed by atoms with Crippen molar-refractivity contribution in [2.75, 3.05) is 25.1 Å². The van der Waals surface area contributed by atoms with E-state index in [9.17, 15) is 29.3 Å². The monoisotopic (exact) mass is 506 g/mol. The van der Waals surface area contributed by atoms with Crippen molar-refractivity contribution in [3.05, 3.63) is 30.1 Å². The summed E-state index contributed by atoms with van der Waals surface area (Å²) in [6.07, 6.45) is 2.17. The molecule has 200 valence electrons. The van der Waals surface area contributed by atoms with E-state index in [2.05, 4.69) is 12.2 Å². The molecule has 1 aliphatic heterocycles. The third-order valence-corrected chi connectivity index (χ3v) is 9.30. The average Bonchev–Trinajstić information content (AvgIpc) is 3.32. The molecule has 0 aromatic heterocycles. The lowest BCUT2D eigenvalue weighted by Crippen LogP contribution is -2.61. The van der Waals surface area contributed by atoms with Gasteiger partial charge in [-0.1, -0.05) is 19.9 Å². The molecule has 1 heterocycles. The van der Waals surface area contributed by atoms with Crippen LogP contribution in [0.2, 0.25) is 0 Å². The molecule has 2 amide bonds. The number of nitrogens with zero attached hydrogens (tertiary/aromatic N) is 1. The third kappa shape index (κ3) is 4.97. The topological polar surface area (TPSA) is 119 Å². The van der Waals surface area contributed by atoms with Crippen LogP contribution in [0.1, 0.15) is 58.8 Å². The Labute approximate surface area is 211 Å². The van der Waals surface area contributed by atoms with Gasteiger partial charge in [0.15, 0.2) is 0 Å². The number of nitrogens with one attached hydrogen (secondary N) is 1. The number of fused-ring (bicyclic) bond motifs is 1. The summed E-state index contributed by atoms with van der Waals surface area (Å²) in [5.41, 5.74) is -0.915. The van der Waals surface area contributed by atoms with Crippen LogP contribution in [0.5, 0.6) is 0 Å². The number of ether oxygens (including phenoxy) is 1. The number of likely N-dealkylation sites (tertiary alicyclic amines) is 1. The second-order valence-corrected chi connectivity index (χ2v) is 11.3. The smallest absolute Gasteiger partial charge is 0.411 e. The van der Waals surface area contributed by atoms with Crippen LogP contribution < -0.4 is 5.32 Å². The Hall–Kier alpha value is -2.23. The second-order valence-electron chi connectivity index (χ2n) is 11.3. The number of amides is 2. The summed E-state index contributed by atoms with van der Waals surface area (Å²) in [4.78, 5) is 27.6. The maximum atomic E-state index is 13.5. The lowest BCUT2D eigenvalue weighted by atomic mass is 9.46. The van der Waals surface area contributed by atoms with Gasteiger partial charge in [-0.3, -0.25) is 10.1 Å². The first-order chi connectivity index (χ1) is 17.1. The molecule has 1 aromatic carbocycles. The van der Waals surface area contributed by atoms with Crippen molar-refractivity contribution in [3.63, 3.8) is 0 Å². The van der Waals surface area contributed by atoms with Crippen molar-refractivity contribution in [1.82, 2.24) is 4.90 Å². The highest BCUT2D eigenvalue weighted by atomic mass is 19.1. The molecule has 0 bridgehead atoms. The molecule has 3 fully saturated rings. The Morgan fingerprint density at radius 1 is 1.19 bits per heavy atom. The zero-order chi connectivity index (χ0) is 26.1. The molecule has 4 N–H and O–H groups in total. The molecular weight excluding hydrogens is 467 g/mol. The van der Waals surface area contributed by atoms with Gasteiger partial charge in [0.1, 0.15) is 11.9 Å². The van der Waals surface area contributed by atoms with E-state index in [4.69, 9.17) is 4.74 Å². The van der Waals surface area contributed by atoms with E-state index in [1.165, 1.54) is 18.2 Å². The molecule has 9 heteroatoms. The molecule has 7 atom stereocenters. The largest absolute Gasteiger partial charge is 0.445 e. The fourth-order valence-corrected chi connectivity index (χ4v) is 7.28. The molecule has 0 unspecified atom stereocenters. The molecule has 2 saturated carbocycles. The van der Waals surface area contributed by atoms with E-state index in [0.29, 0.717) is 32.2 Å². The van der Waals surface area contributed by atoms with Crippen LogP contribution in [0.3, 0.4) is 0 Å². The van der Waals surface area contributed by atoms with Crippen LogP contribution in [0, 0.1) is 28.5 Å². The van der Waals surface area contributed by atoms with Crippen molar-refractivity contribution in [1.29, 1.82) is 0 Å². The van der Waals surface area contributed by atoms with Gasteiger partial charge in [-0.15, -0.1) is 0 Å². The van der Waals surface area contributed by atoms with E-state index in [0.717, 1.165) is 12.8 Å². The maximum Gasteiger partial charge on any atom is 0.411 e. The number of halogens is 1. The molecule has 1 aromatic rings. The fourth-order valence-electron chi connectivity index (χ4n) is 7.28. The van der Waals surface area contributed by atoms with Crippen LogP contribution in [0.4, 0.5) is 14.9 Å². The number of hydrogen-bond donors (Lipinski definition) is 4. The summed E-state index contributed by atoms with van der Waals surface area (Å²) in [5.74, 6) is -0.890. The first kappa shape index (κ1) is 26.8. The highest BCUT2D eigenvalue weighted by Crippen LogP contribution is 2.61. The van der Waals surface area contributed by atoms with Gasteiger partial charge < -0.3 is 25.0 Å². The molecule has 4 rings (SSSR count). The van der Waals surface area contributed by atoms with Crippen molar-refractivity contribution < 1.29 is 34.0 Å². The van der Waals surface area contributed by atoms with Crippen molar-refractivity contribution in [2.24, 2.45) is 22.7 Å². The van der Waals surface area contributed by atoms with Gasteiger partial charge in [0.05, 0.1) is 25.4 Å². The van der Waals surface area contributed by atoms with Gasteiger partial charge in [0, 0.05) is 24.1 Å². The van der Waals surface area contributed by atoms with Gasteiger partial charge in [0.2, 0.25) is 5.91 Å². The molecule has 3 aliphatic rings. The van der Waals surface area contributed by atoms with Gasteiger partial charge >= 0.3 is 6.09 Å². The molecule has 0 radical (unpaired) electrons. The Morgan fingerprint density at radius 2 is 1.97 bits per heavy atom. The van der Waals surface area contributed by atoms with E-state index in [1.54, 1.807) is 11.0 Å². The van der Waals surface area contributed by atoms with Gasteiger partial charge in [-0.05, 0) is 74.0 Å². The zero-order valence-electron chi connectivity index (χ0n) is 21.2. The van der Waals surface area contributed by atoms with Crippen LogP contribution in [0.15, 0.2) is 24.3 Å². The normalized spacial score (nSPS) is 36.3. The average molecular weight is 507 g/mol. The minimum atomic E-state index is -0.769. The van der Waals surface area contributed by atoms with Gasteiger partial charge in [-0.25, -0.2) is 9.18 Å². The summed E-state index contributed by atoms with van der Waals surface area (Å²) >= 11 is 0. The summed E-state index contributed by atoms with van der Waals surface area (Å²) < 4.78 is 19.3. The summed E-state index contributed by atoms with van der Waals surface area (Å²) in [7, 11) is 0. The van der Waals surface area contributed by atoms with Crippen LogP contribution in [-0.2, 0) is 9.53 Å². The number of rotatable bonds is 6. The highest BCUT2D eigenvalue weighted by Gasteiger charge is 2.60. The lowest BCUT2D eigenvalue weighted by molar-refractivity contribution is -0.186. The number of carbonyl (C=O) groups is 2. The third-order valence-electron chi connectivity index (χ3n) is 9.30. The Bertz CT molecular complexity index is 962. The summed E-state index contributed by atoms with van der Waals surface area (Å²) in [6, 6.07) is 5.39. The van der Waals surface area contributed by atoms with Crippen molar-refractivity contribution in [3.8, 4) is 0 Å². The van der Waals surface area contributed by atoms with Crippen LogP contribution in [-0.4, -0.2) is 70.2 Å². The number of aliphatic hydroxyl groups excluding tert-OH is 3. The van der Waals surface area contributed by atoms with Gasteiger partial charge in [-0.2, -0.15) is 0 Å². The Kier molecular flexibility index (Phi) is 7.92. The summed E-state index contributed by atoms with van der Waals surface area (Å²) in [6.45, 7) is 4.35. The minimum absolute atomic E-state index is 0.0454. The van der Waals surface area contributed by atoms with E-state index < -0.39 is 34.9 Å². The maximum absolute atomic E-state index is 13.5. The molecule has 1 saturated heterocycles. The Balaban J connectivity index is 1.50. The van der Waals surface area contributed by atoms with E-state index in [-0.39, 0.29) is 49.1 Å². The quantitative estimate of drug-likeness (QED) is 0.470. The van der Waals surface area contributed by atoms with E-state index >= 15 is 0 Å². The van der Waals surface area contributed by atoms with Crippen molar-refractivity contribution >= 4 is 17.7 Å². The number of aliphatic hydroxyl groups is 3.